The molecule has 8 aromatic carbocycles. The number of nitrogens with zero attached hydrogens (tertiary/aromatic N) is 2. The van der Waals surface area contributed by atoms with Gasteiger partial charge in [-0.15, -0.1) is 0 Å². The Labute approximate surface area is 310 Å². The van der Waals surface area contributed by atoms with Crippen molar-refractivity contribution < 1.29 is 0 Å². The fraction of sp³-hybridized carbons (Fsp3) is 0.0800. The van der Waals surface area contributed by atoms with Gasteiger partial charge < -0.3 is 5.32 Å². The zero-order chi connectivity index (χ0) is 35.6. The molecule has 2 unspecified atom stereocenters. The highest BCUT2D eigenvalue weighted by molar-refractivity contribution is 6.23. The van der Waals surface area contributed by atoms with Crippen molar-refractivity contribution in [2.45, 2.75) is 19.5 Å². The van der Waals surface area contributed by atoms with Crippen molar-refractivity contribution in [2.24, 2.45) is 15.9 Å². The van der Waals surface area contributed by atoms with Crippen LogP contribution in [0.25, 0.3) is 54.2 Å². The van der Waals surface area contributed by atoms with E-state index in [0.29, 0.717) is 0 Å². The lowest BCUT2D eigenvalue weighted by Crippen LogP contribution is -2.29. The molecule has 0 radical (unpaired) electrons. The zero-order valence-corrected chi connectivity index (χ0v) is 29.7. The maximum atomic E-state index is 5.23. The van der Waals surface area contributed by atoms with E-state index in [-0.39, 0.29) is 12.1 Å². The van der Waals surface area contributed by atoms with Crippen LogP contribution in [0.15, 0.2) is 198 Å². The van der Waals surface area contributed by atoms with Crippen molar-refractivity contribution in [3.05, 3.63) is 199 Å². The van der Waals surface area contributed by atoms with Crippen LogP contribution in [0.4, 0.5) is 5.69 Å². The molecule has 0 bridgehead atoms. The fourth-order valence-electron chi connectivity index (χ4n) is 7.79. The molecule has 3 nitrogen and oxygen atoms in total. The first kappa shape index (κ1) is 32.3. The summed E-state index contributed by atoms with van der Waals surface area (Å²) in [4.78, 5) is 10.4. The van der Waals surface area contributed by atoms with E-state index in [1.807, 2.05) is 0 Å². The van der Waals surface area contributed by atoms with E-state index in [9.17, 15) is 0 Å². The molecule has 1 aliphatic heterocycles. The van der Waals surface area contributed by atoms with Gasteiger partial charge in [0.25, 0.3) is 0 Å². The number of nitrogens with one attached hydrogen (secondary N) is 1. The topological polar surface area (TPSA) is 36.8 Å². The Hall–Kier alpha value is -6.58. The lowest BCUT2D eigenvalue weighted by molar-refractivity contribution is 0.566. The molecule has 53 heavy (non-hydrogen) atoms. The summed E-state index contributed by atoms with van der Waals surface area (Å²) in [7, 11) is 0. The van der Waals surface area contributed by atoms with Crippen LogP contribution < -0.4 is 5.32 Å². The Morgan fingerprint density at radius 1 is 0.623 bits per heavy atom. The van der Waals surface area contributed by atoms with Gasteiger partial charge >= 0.3 is 0 Å². The van der Waals surface area contributed by atoms with Crippen LogP contribution in [-0.4, -0.2) is 11.9 Å². The summed E-state index contributed by atoms with van der Waals surface area (Å²) >= 11 is 0. The van der Waals surface area contributed by atoms with Crippen molar-refractivity contribution in [1.82, 2.24) is 5.32 Å². The molecule has 9 rings (SSSR count). The Balaban J connectivity index is 1.09. The van der Waals surface area contributed by atoms with E-state index in [4.69, 9.17) is 9.98 Å². The summed E-state index contributed by atoms with van der Waals surface area (Å²) in [6, 6.07) is 58.4. The van der Waals surface area contributed by atoms with Crippen LogP contribution in [0.3, 0.4) is 0 Å². The third kappa shape index (κ3) is 6.32. The molecule has 0 aromatic heterocycles. The molecular formula is C50H39N3. The quantitative estimate of drug-likeness (QED) is 0.0967. The van der Waals surface area contributed by atoms with Gasteiger partial charge in [0, 0.05) is 23.4 Å². The number of aliphatic imine (C=N–C) groups is 2. The maximum Gasteiger partial charge on any atom is 0.145 e. The standard InChI is InChI=1S/C50H39N3/c1-2-14-36(47-33-48(37-17-4-3-5-18-37)53-50(52-47)40-26-25-34-15-6-7-19-38(34)31-40)29-30-51-46-24-13-12-23-43(46)45-32-39-20-9-10-21-41(39)44-28-27-35-16-8-11-22-42(35)49(44)45/h2-28,30-33,36,50,52H,29H2,1H3/b14-2-,51-30?. The maximum absolute atomic E-state index is 5.23. The average molecular weight is 682 g/mol. The van der Waals surface area contributed by atoms with Crippen molar-refractivity contribution in [3.63, 3.8) is 0 Å². The Morgan fingerprint density at radius 2 is 1.32 bits per heavy atom. The second-order valence-corrected chi connectivity index (χ2v) is 13.7. The van der Waals surface area contributed by atoms with E-state index in [1.165, 1.54) is 48.7 Å². The number of hydrogen-bond acceptors (Lipinski definition) is 3. The molecule has 0 fully saturated rings. The number of allylic oxidation sites excluding steroid dienone is 3. The molecule has 0 saturated heterocycles. The van der Waals surface area contributed by atoms with Crippen LogP contribution in [0.5, 0.6) is 0 Å². The van der Waals surface area contributed by atoms with Crippen molar-refractivity contribution in [2.75, 3.05) is 0 Å². The predicted octanol–water partition coefficient (Wildman–Crippen LogP) is 12.9. The summed E-state index contributed by atoms with van der Waals surface area (Å²) < 4.78 is 0. The normalized spacial score (nSPS) is 15.3. The number of fused-ring (bicyclic) bond motifs is 6. The zero-order valence-electron chi connectivity index (χ0n) is 29.7. The largest absolute Gasteiger partial charge is 0.363 e. The van der Waals surface area contributed by atoms with E-state index in [2.05, 4.69) is 200 Å². The summed E-state index contributed by atoms with van der Waals surface area (Å²) in [5, 5.41) is 13.8. The minimum Gasteiger partial charge on any atom is -0.363 e. The number of rotatable bonds is 8. The molecule has 1 heterocycles. The van der Waals surface area contributed by atoms with Crippen molar-refractivity contribution in [3.8, 4) is 11.1 Å². The van der Waals surface area contributed by atoms with E-state index in [1.54, 1.807) is 0 Å². The van der Waals surface area contributed by atoms with E-state index < -0.39 is 0 Å². The van der Waals surface area contributed by atoms with Crippen molar-refractivity contribution in [1.29, 1.82) is 0 Å². The molecule has 3 heteroatoms. The first-order valence-corrected chi connectivity index (χ1v) is 18.4. The van der Waals surface area contributed by atoms with E-state index >= 15 is 0 Å². The molecule has 0 amide bonds. The van der Waals surface area contributed by atoms with Crippen LogP contribution in [0.2, 0.25) is 0 Å². The SMILES string of the molecule is C/C=C\C(CC=Nc1ccccc1-c1cc2ccccc2c2ccc3ccccc3c12)C1=CC(c2ccccc2)=NC(c2ccc3ccccc3c2)N1. The van der Waals surface area contributed by atoms with Crippen LogP contribution in [0.1, 0.15) is 30.6 Å². The Morgan fingerprint density at radius 3 is 2.17 bits per heavy atom. The Bertz CT molecular complexity index is 2750. The first-order valence-electron chi connectivity index (χ1n) is 18.4. The molecule has 254 valence electrons. The molecule has 1 aliphatic rings. The van der Waals surface area contributed by atoms with Crippen molar-refractivity contribution >= 4 is 60.7 Å². The summed E-state index contributed by atoms with van der Waals surface area (Å²) in [6.45, 7) is 2.09. The lowest BCUT2D eigenvalue weighted by Gasteiger charge is -2.28. The molecule has 2 atom stereocenters. The van der Waals surface area contributed by atoms with Gasteiger partial charge in [0.05, 0.1) is 11.4 Å². The summed E-state index contributed by atoms with van der Waals surface area (Å²) in [5.74, 6) is 0.0820. The Kier molecular flexibility index (Phi) is 8.67. The predicted molar refractivity (Wildman–Crippen MR) is 226 cm³/mol. The van der Waals surface area contributed by atoms with Gasteiger partial charge in [-0.3, -0.25) is 9.98 Å². The van der Waals surface area contributed by atoms with Crippen LogP contribution in [0, 0.1) is 5.92 Å². The third-order valence-electron chi connectivity index (χ3n) is 10.4. The second-order valence-electron chi connectivity index (χ2n) is 13.7. The van der Waals surface area contributed by atoms with Gasteiger partial charge in [0.15, 0.2) is 0 Å². The van der Waals surface area contributed by atoms with Gasteiger partial charge in [-0.05, 0) is 97.4 Å². The lowest BCUT2D eigenvalue weighted by atomic mass is 9.89. The van der Waals surface area contributed by atoms with Gasteiger partial charge in [-0.25, -0.2) is 0 Å². The first-order chi connectivity index (χ1) is 26.2. The third-order valence-corrected chi connectivity index (χ3v) is 10.4. The summed E-state index contributed by atoms with van der Waals surface area (Å²) in [6.07, 6.45) is 9.23. The van der Waals surface area contributed by atoms with Gasteiger partial charge in [0.1, 0.15) is 6.17 Å². The average Bonchev–Trinajstić information content (AvgIpc) is 3.23. The highest BCUT2D eigenvalue weighted by atomic mass is 15.1. The van der Waals surface area contributed by atoms with Gasteiger partial charge in [-0.2, -0.15) is 0 Å². The highest BCUT2D eigenvalue weighted by Gasteiger charge is 2.23. The highest BCUT2D eigenvalue weighted by Crippen LogP contribution is 2.42. The molecule has 0 spiro atoms. The number of para-hydroxylation sites is 1. The second kappa shape index (κ2) is 14.2. The van der Waals surface area contributed by atoms with Crippen LogP contribution >= 0.6 is 0 Å². The molecule has 8 aromatic rings. The minimum atomic E-state index is -0.212. The number of hydrogen-bond donors (Lipinski definition) is 1. The van der Waals surface area contributed by atoms with Gasteiger partial charge in [0.2, 0.25) is 0 Å². The fourth-order valence-corrected chi connectivity index (χ4v) is 7.79. The van der Waals surface area contributed by atoms with E-state index in [0.717, 1.165) is 40.2 Å². The minimum absolute atomic E-state index is 0.0820. The number of benzene rings is 8. The monoisotopic (exact) mass is 681 g/mol. The molecule has 0 saturated carbocycles. The summed E-state index contributed by atoms with van der Waals surface area (Å²) in [5.41, 5.74) is 7.64. The molecule has 1 N–H and O–H groups in total. The van der Waals surface area contributed by atoms with Crippen LogP contribution in [-0.2, 0) is 0 Å². The molecule has 0 aliphatic carbocycles. The molecular weight excluding hydrogens is 643 g/mol. The van der Waals surface area contributed by atoms with Gasteiger partial charge in [-0.1, -0.05) is 158 Å². The smallest absolute Gasteiger partial charge is 0.145 e.